The van der Waals surface area contributed by atoms with E-state index in [1.54, 1.807) is 0 Å². The second kappa shape index (κ2) is 6.77. The van der Waals surface area contributed by atoms with Gasteiger partial charge in [0, 0.05) is 11.3 Å². The molecule has 0 saturated carbocycles. The molecule has 6 heteroatoms. The number of para-hydroxylation sites is 1. The van der Waals surface area contributed by atoms with Crippen molar-refractivity contribution in [2.45, 2.75) is 35.9 Å². The van der Waals surface area contributed by atoms with Gasteiger partial charge in [0.15, 0.2) is 4.34 Å². The maximum absolute atomic E-state index is 6.12. The summed E-state index contributed by atoms with van der Waals surface area (Å²) in [6.07, 6.45) is 1.82. The van der Waals surface area contributed by atoms with Crippen molar-refractivity contribution in [3.8, 4) is 5.75 Å². The van der Waals surface area contributed by atoms with Gasteiger partial charge in [0.1, 0.15) is 11.6 Å². The highest BCUT2D eigenvalue weighted by atomic mass is 32.2. The molecule has 1 aromatic heterocycles. The van der Waals surface area contributed by atoms with Crippen LogP contribution in [0.15, 0.2) is 27.4 Å². The summed E-state index contributed by atoms with van der Waals surface area (Å²) >= 11 is 2.94. The molecule has 0 amide bonds. The summed E-state index contributed by atoms with van der Waals surface area (Å²) in [4.78, 5) is 5.40. The van der Waals surface area contributed by atoms with Crippen LogP contribution < -0.4 is 10.5 Å². The normalized spacial score (nSPS) is 10.6. The number of benzene rings is 1. The second-order valence-corrected chi connectivity index (χ2v) is 5.99. The number of aromatic nitrogens is 2. The summed E-state index contributed by atoms with van der Waals surface area (Å²) in [6.45, 7) is 4.80. The van der Waals surface area contributed by atoms with E-state index >= 15 is 0 Å². The highest BCUT2D eigenvalue weighted by Crippen LogP contribution is 2.37. The van der Waals surface area contributed by atoms with Gasteiger partial charge in [-0.05, 0) is 30.1 Å². The third-order valence-corrected chi connectivity index (χ3v) is 4.32. The average molecular weight is 295 g/mol. The van der Waals surface area contributed by atoms with E-state index in [1.807, 2.05) is 25.1 Å². The molecule has 0 unspecified atom stereocenters. The van der Waals surface area contributed by atoms with E-state index in [-0.39, 0.29) is 0 Å². The predicted octanol–water partition coefficient (Wildman–Crippen LogP) is 3.62. The van der Waals surface area contributed by atoms with Crippen LogP contribution in [-0.4, -0.2) is 16.0 Å². The molecular weight excluding hydrogens is 278 g/mol. The lowest BCUT2D eigenvalue weighted by Crippen LogP contribution is -1.99. The third kappa shape index (κ3) is 3.61. The number of hydrogen-bond acceptors (Lipinski definition) is 6. The monoisotopic (exact) mass is 295 g/mol. The first-order valence-corrected chi connectivity index (χ1v) is 7.85. The SMILES string of the molecule is CCCOc1cccc(Sc2nc(CC)ns2)c1N. The third-order valence-electron chi connectivity index (χ3n) is 2.45. The Bertz CT molecular complexity index is 542. The van der Waals surface area contributed by atoms with Crippen LogP contribution in [-0.2, 0) is 6.42 Å². The molecule has 102 valence electrons. The molecule has 2 rings (SSSR count). The molecule has 19 heavy (non-hydrogen) atoms. The summed E-state index contributed by atoms with van der Waals surface area (Å²) in [5, 5.41) is 0. The van der Waals surface area contributed by atoms with Crippen molar-refractivity contribution in [3.05, 3.63) is 24.0 Å². The second-order valence-electron chi connectivity index (χ2n) is 3.95. The molecule has 0 saturated heterocycles. The highest BCUT2D eigenvalue weighted by Gasteiger charge is 2.10. The van der Waals surface area contributed by atoms with Crippen LogP contribution in [0.2, 0.25) is 0 Å². The lowest BCUT2D eigenvalue weighted by molar-refractivity contribution is 0.318. The highest BCUT2D eigenvalue weighted by molar-refractivity contribution is 8.01. The molecule has 1 aromatic carbocycles. The fourth-order valence-electron chi connectivity index (χ4n) is 1.47. The lowest BCUT2D eigenvalue weighted by Gasteiger charge is -2.10. The van der Waals surface area contributed by atoms with E-state index < -0.39 is 0 Å². The Morgan fingerprint density at radius 2 is 2.21 bits per heavy atom. The maximum Gasteiger partial charge on any atom is 0.174 e. The van der Waals surface area contributed by atoms with Crippen molar-refractivity contribution in [1.82, 2.24) is 9.36 Å². The van der Waals surface area contributed by atoms with E-state index in [2.05, 4.69) is 16.3 Å². The zero-order valence-electron chi connectivity index (χ0n) is 11.0. The number of ether oxygens (including phenoxy) is 1. The Hall–Kier alpha value is -1.27. The number of nitrogen functional groups attached to an aromatic ring is 1. The van der Waals surface area contributed by atoms with Crippen molar-refractivity contribution in [2.75, 3.05) is 12.3 Å². The lowest BCUT2D eigenvalue weighted by atomic mass is 10.3. The maximum atomic E-state index is 6.12. The Kier molecular flexibility index (Phi) is 5.04. The molecule has 2 N–H and O–H groups in total. The minimum absolute atomic E-state index is 0.675. The molecular formula is C13H17N3OS2. The topological polar surface area (TPSA) is 61.0 Å². The van der Waals surface area contributed by atoms with Crippen molar-refractivity contribution < 1.29 is 4.74 Å². The average Bonchev–Trinajstić information content (AvgIpc) is 2.87. The summed E-state index contributed by atoms with van der Waals surface area (Å²) in [6, 6.07) is 5.82. The minimum atomic E-state index is 0.675. The molecule has 0 aliphatic rings. The van der Waals surface area contributed by atoms with Crippen molar-refractivity contribution in [1.29, 1.82) is 0 Å². The molecule has 0 fully saturated rings. The molecule has 0 radical (unpaired) electrons. The van der Waals surface area contributed by atoms with Gasteiger partial charge < -0.3 is 10.5 Å². The van der Waals surface area contributed by atoms with Crippen LogP contribution in [0.4, 0.5) is 5.69 Å². The molecule has 0 aliphatic carbocycles. The minimum Gasteiger partial charge on any atom is -0.491 e. The van der Waals surface area contributed by atoms with Crippen molar-refractivity contribution in [2.24, 2.45) is 0 Å². The van der Waals surface area contributed by atoms with Crippen LogP contribution in [0.1, 0.15) is 26.1 Å². The van der Waals surface area contributed by atoms with Gasteiger partial charge in [0.2, 0.25) is 0 Å². The number of aryl methyl sites for hydroxylation is 1. The van der Waals surface area contributed by atoms with Gasteiger partial charge in [-0.25, -0.2) is 4.98 Å². The fraction of sp³-hybridized carbons (Fsp3) is 0.385. The molecule has 0 atom stereocenters. The molecule has 1 heterocycles. The smallest absolute Gasteiger partial charge is 0.174 e. The molecule has 4 nitrogen and oxygen atoms in total. The number of rotatable bonds is 6. The number of nitrogens with zero attached hydrogens (tertiary/aromatic N) is 2. The molecule has 0 aliphatic heterocycles. The van der Waals surface area contributed by atoms with Gasteiger partial charge in [-0.2, -0.15) is 4.37 Å². The zero-order chi connectivity index (χ0) is 13.7. The fourth-order valence-corrected chi connectivity index (χ4v) is 3.19. The standard InChI is InChI=1S/C13H17N3OS2/c1-3-8-17-9-6-5-7-10(12(9)14)18-13-15-11(4-2)16-19-13/h5-7H,3-4,8,14H2,1-2H3. The van der Waals surface area contributed by atoms with Crippen LogP contribution in [0, 0.1) is 0 Å². The first kappa shape index (κ1) is 14.1. The van der Waals surface area contributed by atoms with Crippen molar-refractivity contribution in [3.63, 3.8) is 0 Å². The number of hydrogen-bond donors (Lipinski definition) is 1. The molecule has 2 aromatic rings. The van der Waals surface area contributed by atoms with Gasteiger partial charge >= 0.3 is 0 Å². The number of nitrogens with two attached hydrogens (primary N) is 1. The van der Waals surface area contributed by atoms with Crippen LogP contribution in [0.3, 0.4) is 0 Å². The van der Waals surface area contributed by atoms with Gasteiger partial charge in [0.05, 0.1) is 12.3 Å². The van der Waals surface area contributed by atoms with Crippen LogP contribution in [0.5, 0.6) is 5.75 Å². The summed E-state index contributed by atoms with van der Waals surface area (Å²) < 4.78 is 10.8. The Balaban J connectivity index is 2.15. The number of anilines is 1. The van der Waals surface area contributed by atoms with Gasteiger partial charge in [-0.1, -0.05) is 31.7 Å². The molecule has 0 spiro atoms. The van der Waals surface area contributed by atoms with Crippen LogP contribution >= 0.6 is 23.3 Å². The first-order chi connectivity index (χ1) is 9.24. The van der Waals surface area contributed by atoms with Gasteiger partial charge in [0.25, 0.3) is 0 Å². The Morgan fingerprint density at radius 1 is 1.37 bits per heavy atom. The van der Waals surface area contributed by atoms with E-state index in [4.69, 9.17) is 10.5 Å². The molecule has 0 bridgehead atoms. The van der Waals surface area contributed by atoms with E-state index in [1.165, 1.54) is 23.3 Å². The Labute approximate surface area is 121 Å². The Morgan fingerprint density at radius 3 is 2.89 bits per heavy atom. The summed E-state index contributed by atoms with van der Waals surface area (Å²) in [7, 11) is 0. The van der Waals surface area contributed by atoms with E-state index in [9.17, 15) is 0 Å². The van der Waals surface area contributed by atoms with Crippen molar-refractivity contribution >= 4 is 29.0 Å². The predicted molar refractivity (Wildman–Crippen MR) is 80.1 cm³/mol. The summed E-state index contributed by atoms with van der Waals surface area (Å²) in [5.41, 5.74) is 6.80. The zero-order valence-corrected chi connectivity index (χ0v) is 12.7. The quantitative estimate of drug-likeness (QED) is 0.825. The van der Waals surface area contributed by atoms with Crippen LogP contribution in [0.25, 0.3) is 0 Å². The van der Waals surface area contributed by atoms with E-state index in [0.717, 1.165) is 33.7 Å². The largest absolute Gasteiger partial charge is 0.491 e. The van der Waals surface area contributed by atoms with E-state index in [0.29, 0.717) is 12.3 Å². The van der Waals surface area contributed by atoms with Gasteiger partial charge in [-0.3, -0.25) is 0 Å². The van der Waals surface area contributed by atoms with Gasteiger partial charge in [-0.15, -0.1) is 0 Å². The first-order valence-electron chi connectivity index (χ1n) is 6.26. The summed E-state index contributed by atoms with van der Waals surface area (Å²) in [5.74, 6) is 1.62.